The van der Waals surface area contributed by atoms with E-state index in [4.69, 9.17) is 11.5 Å². The number of aliphatic imine (C=N–C) groups is 1. The summed E-state index contributed by atoms with van der Waals surface area (Å²) in [4.78, 5) is 12.4. The van der Waals surface area contributed by atoms with Gasteiger partial charge in [-0.2, -0.15) is 4.99 Å². The summed E-state index contributed by atoms with van der Waals surface area (Å²) in [5.74, 6) is 1.16. The molecule has 0 saturated carbocycles. The second kappa shape index (κ2) is 5.12. The molecule has 1 atom stereocenters. The highest BCUT2D eigenvalue weighted by Gasteiger charge is 2.19. The van der Waals surface area contributed by atoms with E-state index in [0.29, 0.717) is 5.95 Å². The van der Waals surface area contributed by atoms with E-state index >= 15 is 0 Å². The molecule has 4 N–H and O–H groups in total. The summed E-state index contributed by atoms with van der Waals surface area (Å²) in [5.41, 5.74) is 13.0. The second-order valence-corrected chi connectivity index (χ2v) is 4.58. The minimum atomic E-state index is 0.00428. The molecule has 1 aromatic heterocycles. The van der Waals surface area contributed by atoms with Gasteiger partial charge in [0.05, 0.1) is 0 Å². The Kier molecular flexibility index (Phi) is 3.56. The summed E-state index contributed by atoms with van der Waals surface area (Å²) in [6.45, 7) is 2.23. The van der Waals surface area contributed by atoms with Crippen LogP contribution in [0.3, 0.4) is 0 Å². The van der Waals surface area contributed by atoms with E-state index in [2.05, 4.69) is 21.9 Å². The molecule has 0 radical (unpaired) electrons. The monoisotopic (exact) mass is 233 g/mol. The van der Waals surface area contributed by atoms with Gasteiger partial charge in [0.1, 0.15) is 0 Å². The first-order valence-electron chi connectivity index (χ1n) is 6.13. The van der Waals surface area contributed by atoms with Crippen molar-refractivity contribution in [3.05, 3.63) is 17.5 Å². The number of aryl methyl sites for hydroxylation is 1. The first-order chi connectivity index (χ1) is 8.19. The minimum Gasteiger partial charge on any atom is -0.370 e. The molecule has 1 aliphatic rings. The molecule has 0 amide bonds. The first kappa shape index (κ1) is 11.8. The predicted octanol–water partition coefficient (Wildman–Crippen LogP) is 1.29. The summed E-state index contributed by atoms with van der Waals surface area (Å²) in [5, 5.41) is 0. The SMILES string of the molecule is CCCC1CCc2nc(N=C(N)N)ncc2C1. The third kappa shape index (κ3) is 2.93. The predicted molar refractivity (Wildman–Crippen MR) is 67.9 cm³/mol. The van der Waals surface area contributed by atoms with Gasteiger partial charge in [-0.15, -0.1) is 0 Å². The minimum absolute atomic E-state index is 0.00428. The number of hydrogen-bond acceptors (Lipinski definition) is 3. The van der Waals surface area contributed by atoms with Crippen molar-refractivity contribution >= 4 is 11.9 Å². The Hall–Kier alpha value is -1.65. The molecular formula is C12H19N5. The van der Waals surface area contributed by atoms with E-state index in [1.807, 2.05) is 6.20 Å². The number of fused-ring (bicyclic) bond motifs is 1. The van der Waals surface area contributed by atoms with Crippen LogP contribution in [0.4, 0.5) is 5.95 Å². The maximum atomic E-state index is 5.31. The average molecular weight is 233 g/mol. The lowest BCUT2D eigenvalue weighted by Crippen LogP contribution is -2.22. The van der Waals surface area contributed by atoms with Gasteiger partial charge < -0.3 is 11.5 Å². The largest absolute Gasteiger partial charge is 0.370 e. The van der Waals surface area contributed by atoms with Crippen LogP contribution in [0.15, 0.2) is 11.2 Å². The third-order valence-corrected chi connectivity index (χ3v) is 3.17. The topological polar surface area (TPSA) is 90.2 Å². The van der Waals surface area contributed by atoms with Gasteiger partial charge in [-0.05, 0) is 30.7 Å². The van der Waals surface area contributed by atoms with E-state index in [0.717, 1.165) is 24.5 Å². The summed E-state index contributed by atoms with van der Waals surface area (Å²) in [6.07, 6.45) is 7.70. The van der Waals surface area contributed by atoms with Crippen LogP contribution in [0.5, 0.6) is 0 Å². The molecule has 1 aromatic rings. The maximum Gasteiger partial charge on any atom is 0.252 e. The van der Waals surface area contributed by atoms with E-state index in [9.17, 15) is 0 Å². The number of aromatic nitrogens is 2. The van der Waals surface area contributed by atoms with Crippen molar-refractivity contribution < 1.29 is 0 Å². The highest BCUT2D eigenvalue weighted by Crippen LogP contribution is 2.27. The van der Waals surface area contributed by atoms with Gasteiger partial charge in [-0.25, -0.2) is 9.97 Å². The van der Waals surface area contributed by atoms with Crippen LogP contribution >= 0.6 is 0 Å². The van der Waals surface area contributed by atoms with Crippen LogP contribution in [0.25, 0.3) is 0 Å². The van der Waals surface area contributed by atoms with Crippen LogP contribution in [0.1, 0.15) is 37.4 Å². The van der Waals surface area contributed by atoms with Crippen molar-refractivity contribution in [2.45, 2.75) is 39.0 Å². The number of nitrogens with two attached hydrogens (primary N) is 2. The molecule has 5 heteroatoms. The second-order valence-electron chi connectivity index (χ2n) is 4.58. The first-order valence-corrected chi connectivity index (χ1v) is 6.13. The Bertz CT molecular complexity index is 423. The highest BCUT2D eigenvalue weighted by atomic mass is 15.1. The van der Waals surface area contributed by atoms with Gasteiger partial charge in [0.25, 0.3) is 5.95 Å². The Morgan fingerprint density at radius 1 is 1.53 bits per heavy atom. The summed E-state index contributed by atoms with van der Waals surface area (Å²) in [6, 6.07) is 0. The molecule has 2 rings (SSSR count). The molecule has 0 aliphatic heterocycles. The van der Waals surface area contributed by atoms with Gasteiger partial charge in [-0.1, -0.05) is 19.8 Å². The van der Waals surface area contributed by atoms with Crippen molar-refractivity contribution in [3.8, 4) is 0 Å². The van der Waals surface area contributed by atoms with Crippen molar-refractivity contribution in [1.82, 2.24) is 9.97 Å². The third-order valence-electron chi connectivity index (χ3n) is 3.17. The summed E-state index contributed by atoms with van der Waals surface area (Å²) in [7, 11) is 0. The zero-order chi connectivity index (χ0) is 12.3. The summed E-state index contributed by atoms with van der Waals surface area (Å²) < 4.78 is 0. The van der Waals surface area contributed by atoms with Crippen LogP contribution in [0, 0.1) is 5.92 Å². The fourth-order valence-electron chi connectivity index (χ4n) is 2.40. The average Bonchev–Trinajstić information content (AvgIpc) is 2.29. The lowest BCUT2D eigenvalue weighted by atomic mass is 9.85. The van der Waals surface area contributed by atoms with Gasteiger partial charge in [0.15, 0.2) is 5.96 Å². The lowest BCUT2D eigenvalue weighted by molar-refractivity contribution is 0.417. The molecule has 92 valence electrons. The Labute approximate surface area is 101 Å². The van der Waals surface area contributed by atoms with Gasteiger partial charge in [0.2, 0.25) is 0 Å². The van der Waals surface area contributed by atoms with Crippen LogP contribution in [-0.2, 0) is 12.8 Å². The fraction of sp³-hybridized carbons (Fsp3) is 0.583. The normalized spacial score (nSPS) is 18.5. The molecule has 5 nitrogen and oxygen atoms in total. The molecule has 0 bridgehead atoms. The van der Waals surface area contributed by atoms with E-state index in [1.54, 1.807) is 0 Å². The lowest BCUT2D eigenvalue weighted by Gasteiger charge is -2.22. The van der Waals surface area contributed by atoms with Gasteiger partial charge in [-0.3, -0.25) is 0 Å². The van der Waals surface area contributed by atoms with E-state index in [-0.39, 0.29) is 5.96 Å². The van der Waals surface area contributed by atoms with Gasteiger partial charge in [0, 0.05) is 11.9 Å². The molecule has 0 saturated heterocycles. The molecule has 0 spiro atoms. The molecule has 17 heavy (non-hydrogen) atoms. The smallest absolute Gasteiger partial charge is 0.252 e. The van der Waals surface area contributed by atoms with Crippen molar-refractivity contribution in [2.24, 2.45) is 22.4 Å². The van der Waals surface area contributed by atoms with E-state index < -0.39 is 0 Å². The number of rotatable bonds is 3. The number of guanidine groups is 1. The number of nitrogens with zero attached hydrogens (tertiary/aromatic N) is 3. The van der Waals surface area contributed by atoms with Crippen LogP contribution < -0.4 is 11.5 Å². The molecule has 0 fully saturated rings. The standard InChI is InChI=1S/C12H19N5/c1-2-3-8-4-5-10-9(6-8)7-15-12(16-10)17-11(13)14/h7-8H,2-6H2,1H3,(H4,13,14,15,16,17). The zero-order valence-corrected chi connectivity index (χ0v) is 10.2. The van der Waals surface area contributed by atoms with Crippen LogP contribution in [0.2, 0.25) is 0 Å². The Morgan fingerprint density at radius 2 is 2.35 bits per heavy atom. The highest BCUT2D eigenvalue weighted by molar-refractivity contribution is 5.77. The summed E-state index contributed by atoms with van der Waals surface area (Å²) >= 11 is 0. The molecule has 1 aliphatic carbocycles. The maximum absolute atomic E-state index is 5.31. The quantitative estimate of drug-likeness (QED) is 0.608. The van der Waals surface area contributed by atoms with Crippen LogP contribution in [-0.4, -0.2) is 15.9 Å². The van der Waals surface area contributed by atoms with Crippen molar-refractivity contribution in [1.29, 1.82) is 0 Å². The van der Waals surface area contributed by atoms with Crippen molar-refractivity contribution in [3.63, 3.8) is 0 Å². The molecular weight excluding hydrogens is 214 g/mol. The van der Waals surface area contributed by atoms with Gasteiger partial charge >= 0.3 is 0 Å². The van der Waals surface area contributed by atoms with E-state index in [1.165, 1.54) is 24.8 Å². The Balaban J connectivity index is 2.17. The van der Waals surface area contributed by atoms with Crippen molar-refractivity contribution in [2.75, 3.05) is 0 Å². The fourth-order valence-corrected chi connectivity index (χ4v) is 2.40. The zero-order valence-electron chi connectivity index (χ0n) is 10.2. The number of hydrogen-bond donors (Lipinski definition) is 2. The molecule has 0 aromatic carbocycles. The molecule has 1 unspecified atom stereocenters. The Morgan fingerprint density at radius 3 is 3.06 bits per heavy atom. The molecule has 1 heterocycles.